The van der Waals surface area contributed by atoms with Gasteiger partial charge in [0.05, 0.1) is 4.90 Å². The third kappa shape index (κ3) is 5.18. The molecule has 0 aliphatic carbocycles. The number of sulfonamides is 1. The van der Waals surface area contributed by atoms with Crippen LogP contribution in [0, 0.1) is 11.8 Å². The van der Waals surface area contributed by atoms with Gasteiger partial charge in [0.1, 0.15) is 25.0 Å². The number of nitrogens with one attached hydrogen (secondary N) is 2. The number of hydrogen-bond donors (Lipinski definition) is 3. The lowest BCUT2D eigenvalue weighted by molar-refractivity contribution is -0.134. The molecule has 1 heterocycles. The van der Waals surface area contributed by atoms with Crippen molar-refractivity contribution in [3.8, 4) is 17.6 Å². The number of rotatable bonds is 6. The van der Waals surface area contributed by atoms with Gasteiger partial charge in [0.25, 0.3) is 5.91 Å². The second kappa shape index (κ2) is 9.68. The third-order valence-corrected chi connectivity index (χ3v) is 5.94. The summed E-state index contributed by atoms with van der Waals surface area (Å²) in [6, 6.07) is 4.37. The fourth-order valence-corrected chi connectivity index (χ4v) is 4.39. The molecule has 1 fully saturated rings. The summed E-state index contributed by atoms with van der Waals surface area (Å²) in [7, 11) is -2.38. The van der Waals surface area contributed by atoms with Crippen LogP contribution in [0.5, 0.6) is 5.75 Å². The van der Waals surface area contributed by atoms with Crippen LogP contribution in [0.15, 0.2) is 29.2 Å². The fourth-order valence-electron chi connectivity index (χ4n) is 2.73. The molecule has 2 atom stereocenters. The van der Waals surface area contributed by atoms with Crippen LogP contribution in [0.4, 0.5) is 0 Å². The Balaban J connectivity index is 2.15. The molecule has 1 aromatic carbocycles. The Bertz CT molecular complexity index is 800. The molecule has 148 valence electrons. The van der Waals surface area contributed by atoms with Crippen molar-refractivity contribution in [3.63, 3.8) is 0 Å². The van der Waals surface area contributed by atoms with Crippen LogP contribution < -0.4 is 15.5 Å². The van der Waals surface area contributed by atoms with Crippen molar-refractivity contribution in [2.75, 3.05) is 33.4 Å². The van der Waals surface area contributed by atoms with Gasteiger partial charge in [-0.25, -0.2) is 13.9 Å². The third-order valence-electron chi connectivity index (χ3n) is 4.04. The highest BCUT2D eigenvalue weighted by atomic mass is 32.2. The Morgan fingerprint density at radius 3 is 2.63 bits per heavy atom. The topological polar surface area (TPSA) is 117 Å². The van der Waals surface area contributed by atoms with Gasteiger partial charge in [-0.1, -0.05) is 11.8 Å². The molecule has 1 saturated heterocycles. The molecule has 9 nitrogen and oxygen atoms in total. The number of hydrogen-bond acceptors (Lipinski definition) is 7. The molecule has 0 spiro atoms. The first-order valence-corrected chi connectivity index (χ1v) is 9.72. The Hall–Kier alpha value is -2.16. The number of carbonyl (C=O) groups excluding carboxylic acids is 1. The molecule has 0 bridgehead atoms. The van der Waals surface area contributed by atoms with Gasteiger partial charge in [-0.2, -0.15) is 4.31 Å². The number of carbonyl (C=O) groups is 1. The van der Waals surface area contributed by atoms with E-state index in [1.807, 2.05) is 0 Å². The maximum Gasteiger partial charge on any atom is 0.263 e. The van der Waals surface area contributed by atoms with Crippen LogP contribution in [0.2, 0.25) is 0 Å². The van der Waals surface area contributed by atoms with Gasteiger partial charge in [-0.15, -0.1) is 0 Å². The minimum absolute atomic E-state index is 0.0326. The molecule has 27 heavy (non-hydrogen) atoms. The number of piperazine rings is 1. The number of benzene rings is 1. The van der Waals surface area contributed by atoms with Crippen molar-refractivity contribution < 1.29 is 27.9 Å². The van der Waals surface area contributed by atoms with Crippen molar-refractivity contribution >= 4 is 15.9 Å². The van der Waals surface area contributed by atoms with E-state index in [4.69, 9.17) is 14.7 Å². The zero-order valence-electron chi connectivity index (χ0n) is 15.1. The molecule has 3 N–H and O–H groups in total. The minimum Gasteiger partial charge on any atom is -0.481 e. The van der Waals surface area contributed by atoms with E-state index in [0.29, 0.717) is 18.9 Å². The highest BCUT2D eigenvalue weighted by molar-refractivity contribution is 7.89. The van der Waals surface area contributed by atoms with Gasteiger partial charge in [0.2, 0.25) is 10.0 Å². The number of hydroxylamine groups is 1. The van der Waals surface area contributed by atoms with E-state index in [1.165, 1.54) is 29.7 Å². The first kappa shape index (κ1) is 21.1. The molecular formula is C17H23N3O6S. The second-order valence-corrected chi connectivity index (χ2v) is 7.72. The average Bonchev–Trinajstić information content (AvgIpc) is 2.67. The molecule has 0 aromatic heterocycles. The maximum atomic E-state index is 13.0. The Morgan fingerprint density at radius 1 is 1.33 bits per heavy atom. The van der Waals surface area contributed by atoms with Crippen molar-refractivity contribution in [2.45, 2.75) is 23.9 Å². The molecule has 0 saturated carbocycles. The molecule has 2 unspecified atom stereocenters. The number of amides is 1. The van der Waals surface area contributed by atoms with Crippen molar-refractivity contribution in [1.29, 1.82) is 0 Å². The monoisotopic (exact) mass is 397 g/mol. The number of methoxy groups -OCH3 is 1. The van der Waals surface area contributed by atoms with Crippen molar-refractivity contribution in [1.82, 2.24) is 15.1 Å². The summed E-state index contributed by atoms with van der Waals surface area (Å²) in [5.74, 6) is 5.19. The van der Waals surface area contributed by atoms with E-state index >= 15 is 0 Å². The van der Waals surface area contributed by atoms with Gasteiger partial charge in [0.15, 0.2) is 0 Å². The fraction of sp³-hybridized carbons (Fsp3) is 0.471. The smallest absolute Gasteiger partial charge is 0.263 e. The summed E-state index contributed by atoms with van der Waals surface area (Å²) in [6.07, 6.45) is 0. The summed E-state index contributed by atoms with van der Waals surface area (Å²) in [5.41, 5.74) is 1.54. The molecule has 1 aromatic rings. The Kier molecular flexibility index (Phi) is 7.58. The van der Waals surface area contributed by atoms with Crippen LogP contribution in [-0.4, -0.2) is 69.3 Å². The van der Waals surface area contributed by atoms with E-state index < -0.39 is 28.0 Å². The zero-order valence-corrected chi connectivity index (χ0v) is 16.0. The maximum absolute atomic E-state index is 13.0. The quantitative estimate of drug-likeness (QED) is 0.339. The Morgan fingerprint density at radius 2 is 2.00 bits per heavy atom. The standard InChI is InChI=1S/C17H23N3O6S/c1-13-16(17(21)19-22)20(10-9-18-13)27(23,24)15-7-5-14(6-8-15)26-12-4-3-11-25-2/h5-8,13,16,18,22H,9-12H2,1-2H3,(H,19,21). The summed E-state index contributed by atoms with van der Waals surface area (Å²) in [6.45, 7) is 2.66. The van der Waals surface area contributed by atoms with Crippen LogP contribution >= 0.6 is 0 Å². The molecule has 2 rings (SSSR count). The highest BCUT2D eigenvalue weighted by Gasteiger charge is 2.41. The summed E-state index contributed by atoms with van der Waals surface area (Å²) < 4.78 is 37.2. The molecule has 0 radical (unpaired) electrons. The molecule has 10 heteroatoms. The highest BCUT2D eigenvalue weighted by Crippen LogP contribution is 2.24. The van der Waals surface area contributed by atoms with E-state index in [1.54, 1.807) is 14.0 Å². The van der Waals surface area contributed by atoms with Crippen molar-refractivity contribution in [2.24, 2.45) is 0 Å². The minimum atomic E-state index is -3.93. The second-order valence-electron chi connectivity index (χ2n) is 5.83. The summed E-state index contributed by atoms with van der Waals surface area (Å²) in [4.78, 5) is 12.0. The summed E-state index contributed by atoms with van der Waals surface area (Å²) >= 11 is 0. The Labute approximate surface area is 158 Å². The SMILES string of the molecule is COCC#CCOc1ccc(S(=O)(=O)N2CCNC(C)C2C(=O)NO)cc1. The van der Waals surface area contributed by atoms with Crippen LogP contribution in [0.3, 0.4) is 0 Å². The first-order chi connectivity index (χ1) is 12.9. The lowest BCUT2D eigenvalue weighted by Crippen LogP contribution is -2.63. The van der Waals surface area contributed by atoms with E-state index in [9.17, 15) is 13.2 Å². The summed E-state index contributed by atoms with van der Waals surface area (Å²) in [5, 5.41) is 12.0. The lowest BCUT2D eigenvalue weighted by atomic mass is 10.1. The zero-order chi connectivity index (χ0) is 19.9. The molecular weight excluding hydrogens is 374 g/mol. The van der Waals surface area contributed by atoms with Gasteiger partial charge < -0.3 is 14.8 Å². The largest absolute Gasteiger partial charge is 0.481 e. The van der Waals surface area contributed by atoms with Crippen LogP contribution in [-0.2, 0) is 19.6 Å². The van der Waals surface area contributed by atoms with Gasteiger partial charge >= 0.3 is 0 Å². The van der Waals surface area contributed by atoms with Crippen molar-refractivity contribution in [3.05, 3.63) is 24.3 Å². The normalized spacial score (nSPS) is 20.4. The predicted octanol–water partition coefficient (Wildman–Crippen LogP) is -0.428. The average molecular weight is 397 g/mol. The number of nitrogens with zero attached hydrogens (tertiary/aromatic N) is 1. The molecule has 1 aliphatic heterocycles. The van der Waals surface area contributed by atoms with Crippen LogP contribution in [0.1, 0.15) is 6.92 Å². The predicted molar refractivity (Wildman–Crippen MR) is 96.7 cm³/mol. The van der Waals surface area contributed by atoms with Gasteiger partial charge in [-0.3, -0.25) is 10.0 Å². The lowest BCUT2D eigenvalue weighted by Gasteiger charge is -2.37. The van der Waals surface area contributed by atoms with E-state index in [0.717, 1.165) is 4.31 Å². The van der Waals surface area contributed by atoms with E-state index in [-0.39, 0.29) is 18.0 Å². The van der Waals surface area contributed by atoms with Crippen LogP contribution in [0.25, 0.3) is 0 Å². The van der Waals surface area contributed by atoms with E-state index in [2.05, 4.69) is 17.2 Å². The van der Waals surface area contributed by atoms with Gasteiger partial charge in [0, 0.05) is 26.2 Å². The first-order valence-electron chi connectivity index (χ1n) is 8.28. The number of ether oxygens (including phenoxy) is 2. The molecule has 1 amide bonds. The molecule has 1 aliphatic rings. The van der Waals surface area contributed by atoms with Gasteiger partial charge in [-0.05, 0) is 31.2 Å².